The number of amides is 1. The van der Waals surface area contributed by atoms with Crippen LogP contribution in [0.25, 0.3) is 0 Å². The number of ether oxygens (including phenoxy) is 1. The second kappa shape index (κ2) is 5.79. The monoisotopic (exact) mass is 338 g/mol. The summed E-state index contributed by atoms with van der Waals surface area (Å²) in [6.45, 7) is 0. The van der Waals surface area contributed by atoms with E-state index in [0.717, 1.165) is 4.47 Å². The van der Waals surface area contributed by atoms with Crippen LogP contribution in [0.2, 0.25) is 0 Å². The third kappa shape index (κ3) is 3.00. The Morgan fingerprint density at radius 1 is 1.35 bits per heavy atom. The normalized spacial score (nSPS) is 10.1. The van der Waals surface area contributed by atoms with E-state index in [2.05, 4.69) is 26.2 Å². The van der Waals surface area contributed by atoms with Crippen LogP contribution in [-0.2, 0) is 0 Å². The number of aromatic nitrogens is 1. The maximum Gasteiger partial charge on any atom is 0.337 e. The van der Waals surface area contributed by atoms with Crippen molar-refractivity contribution < 1.29 is 19.4 Å². The SMILES string of the molecule is COc1ccc(C(=O)O)c(NC(=O)c2cc(Br)c[nH]2)c1. The van der Waals surface area contributed by atoms with Crippen LogP contribution in [0.3, 0.4) is 0 Å². The maximum absolute atomic E-state index is 12.0. The molecule has 1 heterocycles. The molecular weight excluding hydrogens is 328 g/mol. The number of carbonyl (C=O) groups is 2. The van der Waals surface area contributed by atoms with Gasteiger partial charge in [-0.3, -0.25) is 4.79 Å². The summed E-state index contributed by atoms with van der Waals surface area (Å²) in [4.78, 5) is 25.9. The Morgan fingerprint density at radius 2 is 2.10 bits per heavy atom. The molecule has 0 aliphatic carbocycles. The zero-order valence-electron chi connectivity index (χ0n) is 10.4. The van der Waals surface area contributed by atoms with E-state index in [9.17, 15) is 9.59 Å². The number of H-pyrrole nitrogens is 1. The first-order valence-electron chi connectivity index (χ1n) is 5.58. The highest BCUT2D eigenvalue weighted by molar-refractivity contribution is 9.10. The van der Waals surface area contributed by atoms with E-state index in [1.807, 2.05) is 0 Å². The van der Waals surface area contributed by atoms with Crippen molar-refractivity contribution in [2.75, 3.05) is 12.4 Å². The minimum atomic E-state index is -1.13. The van der Waals surface area contributed by atoms with Gasteiger partial charge in [-0.15, -0.1) is 0 Å². The zero-order chi connectivity index (χ0) is 14.7. The number of hydrogen-bond acceptors (Lipinski definition) is 3. The largest absolute Gasteiger partial charge is 0.497 e. The van der Waals surface area contributed by atoms with Gasteiger partial charge < -0.3 is 20.1 Å². The summed E-state index contributed by atoms with van der Waals surface area (Å²) in [5, 5.41) is 11.7. The van der Waals surface area contributed by atoms with Crippen LogP contribution < -0.4 is 10.1 Å². The first-order chi connectivity index (χ1) is 9.51. The first kappa shape index (κ1) is 14.1. The van der Waals surface area contributed by atoms with Gasteiger partial charge in [0.2, 0.25) is 0 Å². The minimum absolute atomic E-state index is 0.00947. The Hall–Kier alpha value is -2.28. The van der Waals surface area contributed by atoms with Crippen LogP contribution in [0.1, 0.15) is 20.8 Å². The standard InChI is InChI=1S/C13H11BrN2O4/c1-20-8-2-3-9(13(18)19)10(5-8)16-12(17)11-4-7(14)6-15-11/h2-6,15H,1H3,(H,16,17)(H,18,19). The Kier molecular flexibility index (Phi) is 4.09. The van der Waals surface area contributed by atoms with Crippen molar-refractivity contribution in [1.29, 1.82) is 0 Å². The van der Waals surface area contributed by atoms with E-state index >= 15 is 0 Å². The number of nitrogens with one attached hydrogen (secondary N) is 2. The topological polar surface area (TPSA) is 91.4 Å². The number of halogens is 1. The number of methoxy groups -OCH3 is 1. The number of carbonyl (C=O) groups excluding carboxylic acids is 1. The summed E-state index contributed by atoms with van der Waals surface area (Å²) >= 11 is 3.22. The molecule has 0 saturated heterocycles. The third-order valence-electron chi connectivity index (χ3n) is 2.60. The van der Waals surface area contributed by atoms with E-state index in [1.165, 1.54) is 25.3 Å². The number of rotatable bonds is 4. The number of carboxylic acid groups (broad SMARTS) is 1. The number of benzene rings is 1. The molecular formula is C13H11BrN2O4. The quantitative estimate of drug-likeness (QED) is 0.799. The molecule has 0 bridgehead atoms. The van der Waals surface area contributed by atoms with Crippen LogP contribution >= 0.6 is 15.9 Å². The molecule has 20 heavy (non-hydrogen) atoms. The van der Waals surface area contributed by atoms with E-state index in [0.29, 0.717) is 11.4 Å². The van der Waals surface area contributed by atoms with Crippen molar-refractivity contribution in [3.8, 4) is 5.75 Å². The number of aromatic amines is 1. The maximum atomic E-state index is 12.0. The Morgan fingerprint density at radius 3 is 2.65 bits per heavy atom. The van der Waals surface area contributed by atoms with E-state index in [4.69, 9.17) is 9.84 Å². The second-order valence-corrected chi connectivity index (χ2v) is 4.82. The summed E-state index contributed by atoms with van der Waals surface area (Å²) in [5.41, 5.74) is 0.480. The molecule has 6 nitrogen and oxygen atoms in total. The van der Waals surface area contributed by atoms with E-state index < -0.39 is 11.9 Å². The summed E-state index contributed by atoms with van der Waals surface area (Å²) in [7, 11) is 1.46. The van der Waals surface area contributed by atoms with Gasteiger partial charge in [-0.2, -0.15) is 0 Å². The molecule has 0 aliphatic heterocycles. The highest BCUT2D eigenvalue weighted by Gasteiger charge is 2.15. The lowest BCUT2D eigenvalue weighted by Gasteiger charge is -2.09. The van der Waals surface area contributed by atoms with Crippen molar-refractivity contribution in [3.05, 3.63) is 46.2 Å². The Bertz CT molecular complexity index is 666. The molecule has 0 radical (unpaired) electrons. The molecule has 0 atom stereocenters. The van der Waals surface area contributed by atoms with Crippen molar-refractivity contribution in [3.63, 3.8) is 0 Å². The molecule has 3 N–H and O–H groups in total. The van der Waals surface area contributed by atoms with Crippen LogP contribution in [0.15, 0.2) is 34.9 Å². The summed E-state index contributed by atoms with van der Waals surface area (Å²) < 4.78 is 5.75. The third-order valence-corrected chi connectivity index (χ3v) is 3.06. The highest BCUT2D eigenvalue weighted by atomic mass is 79.9. The van der Waals surface area contributed by atoms with Crippen molar-refractivity contribution in [2.24, 2.45) is 0 Å². The van der Waals surface area contributed by atoms with Gasteiger partial charge in [-0.05, 0) is 34.1 Å². The molecule has 2 rings (SSSR count). The van der Waals surface area contributed by atoms with E-state index in [1.54, 1.807) is 12.3 Å². The molecule has 0 fully saturated rings. The van der Waals surface area contributed by atoms with Crippen LogP contribution in [-0.4, -0.2) is 29.1 Å². The molecule has 104 valence electrons. The lowest BCUT2D eigenvalue weighted by Crippen LogP contribution is -2.15. The summed E-state index contributed by atoms with van der Waals surface area (Å²) in [6.07, 6.45) is 1.61. The van der Waals surface area contributed by atoms with Gasteiger partial charge in [0, 0.05) is 16.7 Å². The van der Waals surface area contributed by atoms with Crippen molar-refractivity contribution in [2.45, 2.75) is 0 Å². The van der Waals surface area contributed by atoms with Crippen LogP contribution in [0.5, 0.6) is 5.75 Å². The number of carboxylic acids is 1. The van der Waals surface area contributed by atoms with Crippen LogP contribution in [0, 0.1) is 0 Å². The van der Waals surface area contributed by atoms with Gasteiger partial charge in [-0.1, -0.05) is 0 Å². The molecule has 0 unspecified atom stereocenters. The molecule has 1 aromatic heterocycles. The van der Waals surface area contributed by atoms with Gasteiger partial charge in [-0.25, -0.2) is 4.79 Å². The van der Waals surface area contributed by atoms with Crippen LogP contribution in [0.4, 0.5) is 5.69 Å². The van der Waals surface area contributed by atoms with Crippen molar-refractivity contribution >= 4 is 33.5 Å². The fraction of sp³-hybridized carbons (Fsp3) is 0.0769. The number of aromatic carboxylic acids is 1. The fourth-order valence-corrected chi connectivity index (χ4v) is 1.97. The molecule has 2 aromatic rings. The average molecular weight is 339 g/mol. The minimum Gasteiger partial charge on any atom is -0.497 e. The lowest BCUT2D eigenvalue weighted by atomic mass is 10.1. The smallest absolute Gasteiger partial charge is 0.337 e. The first-order valence-corrected chi connectivity index (χ1v) is 6.37. The highest BCUT2D eigenvalue weighted by Crippen LogP contribution is 2.23. The van der Waals surface area contributed by atoms with Gasteiger partial charge >= 0.3 is 5.97 Å². The summed E-state index contributed by atoms with van der Waals surface area (Å²) in [6, 6.07) is 5.95. The fourth-order valence-electron chi connectivity index (χ4n) is 1.63. The van der Waals surface area contributed by atoms with Gasteiger partial charge in [0.05, 0.1) is 18.4 Å². The van der Waals surface area contributed by atoms with Crippen molar-refractivity contribution in [1.82, 2.24) is 4.98 Å². The van der Waals surface area contributed by atoms with Gasteiger partial charge in [0.15, 0.2) is 0 Å². The van der Waals surface area contributed by atoms with Gasteiger partial charge in [0.1, 0.15) is 11.4 Å². The predicted octanol–water partition coefficient (Wildman–Crippen LogP) is 2.74. The Labute approximate surface area is 122 Å². The molecule has 1 aromatic carbocycles. The molecule has 0 spiro atoms. The Balaban J connectivity index is 2.31. The number of hydrogen-bond donors (Lipinski definition) is 3. The lowest BCUT2D eigenvalue weighted by molar-refractivity contribution is 0.0698. The van der Waals surface area contributed by atoms with Gasteiger partial charge in [0.25, 0.3) is 5.91 Å². The predicted molar refractivity (Wildman–Crippen MR) is 76.4 cm³/mol. The second-order valence-electron chi connectivity index (χ2n) is 3.90. The molecule has 0 saturated carbocycles. The average Bonchev–Trinajstić information content (AvgIpc) is 2.85. The number of anilines is 1. The molecule has 1 amide bonds. The molecule has 0 aliphatic rings. The zero-order valence-corrected chi connectivity index (χ0v) is 12.0. The molecule has 7 heteroatoms. The summed E-state index contributed by atoms with van der Waals surface area (Å²) in [5.74, 6) is -1.11. The van der Waals surface area contributed by atoms with E-state index in [-0.39, 0.29) is 11.3 Å².